The zero-order valence-corrected chi connectivity index (χ0v) is 13.9. The Bertz CT molecular complexity index is 720. The van der Waals surface area contributed by atoms with Crippen molar-refractivity contribution in [3.05, 3.63) is 46.3 Å². The molecule has 1 aromatic heterocycles. The van der Waals surface area contributed by atoms with Crippen molar-refractivity contribution in [1.29, 1.82) is 0 Å². The molecule has 3 rings (SSSR count). The molecule has 23 heavy (non-hydrogen) atoms. The van der Waals surface area contributed by atoms with Crippen LogP contribution in [0.15, 0.2) is 18.2 Å². The molecule has 0 saturated carbocycles. The van der Waals surface area contributed by atoms with E-state index in [2.05, 4.69) is 38.7 Å². The quantitative estimate of drug-likeness (QED) is 0.803. The van der Waals surface area contributed by atoms with E-state index in [1.165, 1.54) is 5.56 Å². The Balaban J connectivity index is 1.84. The number of rotatable bonds is 4. The first-order valence-electron chi connectivity index (χ1n) is 7.87. The van der Waals surface area contributed by atoms with Crippen LogP contribution in [0.1, 0.15) is 32.9 Å². The summed E-state index contributed by atoms with van der Waals surface area (Å²) in [7, 11) is 4.04. The highest BCUT2D eigenvalue weighted by molar-refractivity contribution is 6.04. The van der Waals surface area contributed by atoms with Gasteiger partial charge in [0, 0.05) is 43.0 Å². The lowest BCUT2D eigenvalue weighted by Gasteiger charge is -2.16. The summed E-state index contributed by atoms with van der Waals surface area (Å²) in [5, 5.41) is 13.5. The number of carbonyl (C=O) groups excluding carboxylic acids is 1. The van der Waals surface area contributed by atoms with E-state index in [4.69, 9.17) is 0 Å². The molecular formula is C17H23N5O. The number of nitrogens with zero attached hydrogens (tertiary/aromatic N) is 2. The lowest BCUT2D eigenvalue weighted by Crippen LogP contribution is -2.25. The first kappa shape index (κ1) is 15.7. The van der Waals surface area contributed by atoms with Gasteiger partial charge in [0.05, 0.1) is 0 Å². The van der Waals surface area contributed by atoms with Gasteiger partial charge in [-0.25, -0.2) is 0 Å². The Morgan fingerprint density at radius 1 is 1.39 bits per heavy atom. The van der Waals surface area contributed by atoms with Gasteiger partial charge < -0.3 is 15.5 Å². The molecule has 2 aromatic rings. The molecule has 0 spiro atoms. The van der Waals surface area contributed by atoms with Crippen LogP contribution in [0.2, 0.25) is 0 Å². The summed E-state index contributed by atoms with van der Waals surface area (Å²) in [6, 6.07) is 6.08. The van der Waals surface area contributed by atoms with Crippen LogP contribution in [0, 0.1) is 6.92 Å². The molecule has 3 N–H and O–H groups in total. The molecule has 0 aliphatic carbocycles. The molecule has 0 unspecified atom stereocenters. The van der Waals surface area contributed by atoms with E-state index in [-0.39, 0.29) is 5.91 Å². The van der Waals surface area contributed by atoms with Crippen molar-refractivity contribution in [1.82, 2.24) is 20.4 Å². The fraction of sp³-hybridized carbons (Fsp3) is 0.412. The third-order valence-corrected chi connectivity index (χ3v) is 4.02. The molecule has 1 aliphatic heterocycles. The Morgan fingerprint density at radius 2 is 2.22 bits per heavy atom. The zero-order chi connectivity index (χ0) is 16.4. The maximum Gasteiger partial charge on any atom is 0.276 e. The van der Waals surface area contributed by atoms with Crippen LogP contribution >= 0.6 is 0 Å². The van der Waals surface area contributed by atoms with E-state index in [1.807, 2.05) is 26.2 Å². The van der Waals surface area contributed by atoms with Crippen LogP contribution in [0.3, 0.4) is 0 Å². The summed E-state index contributed by atoms with van der Waals surface area (Å²) in [5.41, 5.74) is 5.66. The topological polar surface area (TPSA) is 73.0 Å². The number of carbonyl (C=O) groups is 1. The van der Waals surface area contributed by atoms with E-state index in [1.54, 1.807) is 0 Å². The summed E-state index contributed by atoms with van der Waals surface area (Å²) in [4.78, 5) is 14.7. The lowest BCUT2D eigenvalue weighted by molar-refractivity contribution is 0.102. The van der Waals surface area contributed by atoms with Gasteiger partial charge in [0.15, 0.2) is 5.69 Å². The van der Waals surface area contributed by atoms with Crippen molar-refractivity contribution in [3.8, 4) is 0 Å². The number of hydrogen-bond donors (Lipinski definition) is 3. The Labute approximate surface area is 136 Å². The van der Waals surface area contributed by atoms with Crippen molar-refractivity contribution >= 4 is 11.6 Å². The third-order valence-electron chi connectivity index (χ3n) is 4.02. The molecule has 122 valence electrons. The number of anilines is 1. The summed E-state index contributed by atoms with van der Waals surface area (Å²) in [6.07, 6.45) is 0.881. The number of H-pyrrole nitrogens is 1. The molecule has 1 aromatic carbocycles. The van der Waals surface area contributed by atoms with Crippen LogP contribution in [-0.2, 0) is 19.5 Å². The maximum atomic E-state index is 12.6. The van der Waals surface area contributed by atoms with E-state index in [0.29, 0.717) is 12.2 Å². The van der Waals surface area contributed by atoms with Crippen LogP contribution in [-0.4, -0.2) is 41.6 Å². The molecule has 0 bridgehead atoms. The van der Waals surface area contributed by atoms with Gasteiger partial charge >= 0.3 is 0 Å². The summed E-state index contributed by atoms with van der Waals surface area (Å²) in [6.45, 7) is 4.44. The molecular weight excluding hydrogens is 290 g/mol. The van der Waals surface area contributed by atoms with Crippen molar-refractivity contribution in [2.24, 2.45) is 0 Å². The van der Waals surface area contributed by atoms with Crippen LogP contribution in [0.5, 0.6) is 0 Å². The first-order valence-corrected chi connectivity index (χ1v) is 7.87. The number of hydrogen-bond acceptors (Lipinski definition) is 4. The van der Waals surface area contributed by atoms with Gasteiger partial charge in [-0.3, -0.25) is 9.89 Å². The average molecular weight is 313 g/mol. The van der Waals surface area contributed by atoms with E-state index in [0.717, 1.165) is 42.0 Å². The fourth-order valence-electron chi connectivity index (χ4n) is 2.91. The average Bonchev–Trinajstić information content (AvgIpc) is 2.93. The minimum Gasteiger partial charge on any atom is -0.320 e. The van der Waals surface area contributed by atoms with Gasteiger partial charge in [0.25, 0.3) is 5.91 Å². The number of fused-ring (bicyclic) bond motifs is 1. The summed E-state index contributed by atoms with van der Waals surface area (Å²) < 4.78 is 0. The van der Waals surface area contributed by atoms with Crippen LogP contribution in [0.25, 0.3) is 0 Å². The molecule has 0 atom stereocenters. The van der Waals surface area contributed by atoms with Gasteiger partial charge in [-0.05, 0) is 32.6 Å². The molecule has 1 aliphatic rings. The first-order chi connectivity index (χ1) is 11.0. The zero-order valence-electron chi connectivity index (χ0n) is 13.9. The van der Waals surface area contributed by atoms with Crippen LogP contribution in [0.4, 0.5) is 5.69 Å². The molecule has 0 saturated heterocycles. The molecule has 0 fully saturated rings. The number of aromatic nitrogens is 2. The normalized spacial score (nSPS) is 13.9. The summed E-state index contributed by atoms with van der Waals surface area (Å²) in [5.74, 6) is -0.157. The molecule has 6 heteroatoms. The monoisotopic (exact) mass is 313 g/mol. The number of aromatic amines is 1. The molecule has 6 nitrogen and oxygen atoms in total. The molecule has 1 amide bonds. The van der Waals surface area contributed by atoms with Gasteiger partial charge in [0.2, 0.25) is 0 Å². The Kier molecular flexibility index (Phi) is 4.45. The second kappa shape index (κ2) is 6.52. The predicted molar refractivity (Wildman–Crippen MR) is 90.5 cm³/mol. The van der Waals surface area contributed by atoms with E-state index in [9.17, 15) is 4.79 Å². The maximum absolute atomic E-state index is 12.6. The Hall–Kier alpha value is -2.18. The van der Waals surface area contributed by atoms with Crippen molar-refractivity contribution in [3.63, 3.8) is 0 Å². The number of benzene rings is 1. The number of amides is 1. The highest BCUT2D eigenvalue weighted by Crippen LogP contribution is 2.21. The lowest BCUT2D eigenvalue weighted by atomic mass is 10.1. The fourth-order valence-corrected chi connectivity index (χ4v) is 2.91. The number of aryl methyl sites for hydroxylation is 1. The van der Waals surface area contributed by atoms with Crippen LogP contribution < -0.4 is 10.6 Å². The second-order valence-corrected chi connectivity index (χ2v) is 6.31. The third kappa shape index (κ3) is 3.43. The van der Waals surface area contributed by atoms with Crippen molar-refractivity contribution < 1.29 is 4.79 Å². The number of nitrogens with one attached hydrogen (secondary N) is 3. The molecule has 2 heterocycles. The van der Waals surface area contributed by atoms with Gasteiger partial charge in [-0.2, -0.15) is 5.10 Å². The van der Waals surface area contributed by atoms with Gasteiger partial charge in [-0.15, -0.1) is 0 Å². The van der Waals surface area contributed by atoms with E-state index < -0.39 is 0 Å². The predicted octanol–water partition coefficient (Wildman–Crippen LogP) is 1.68. The van der Waals surface area contributed by atoms with E-state index >= 15 is 0 Å². The minimum atomic E-state index is -0.157. The second-order valence-electron chi connectivity index (χ2n) is 6.31. The molecule has 0 radical (unpaired) electrons. The largest absolute Gasteiger partial charge is 0.320 e. The van der Waals surface area contributed by atoms with Gasteiger partial charge in [0.1, 0.15) is 0 Å². The highest BCUT2D eigenvalue weighted by Gasteiger charge is 2.22. The summed E-state index contributed by atoms with van der Waals surface area (Å²) >= 11 is 0. The standard InChI is InChI=1S/C17H23N5O/c1-11-4-5-14(12(8-11)10-22(2)3)19-17(23)16-13-9-18-7-6-15(13)20-21-16/h4-5,8,18H,6-7,9-10H2,1-3H3,(H,19,23)(H,20,21). The highest BCUT2D eigenvalue weighted by atomic mass is 16.2. The van der Waals surface area contributed by atoms with Crippen molar-refractivity contribution in [2.75, 3.05) is 26.0 Å². The SMILES string of the molecule is Cc1ccc(NC(=O)c2n[nH]c3c2CNCC3)c(CN(C)C)c1. The van der Waals surface area contributed by atoms with Crippen molar-refractivity contribution in [2.45, 2.75) is 26.4 Å². The van der Waals surface area contributed by atoms with Gasteiger partial charge in [-0.1, -0.05) is 17.7 Å². The minimum absolute atomic E-state index is 0.157. The smallest absolute Gasteiger partial charge is 0.276 e. The Morgan fingerprint density at radius 3 is 3.00 bits per heavy atom.